The molecule has 1 rings (SSSR count). The van der Waals surface area contributed by atoms with Gasteiger partial charge in [0.15, 0.2) is 0 Å². The quantitative estimate of drug-likeness (QED) is 0.706. The summed E-state index contributed by atoms with van der Waals surface area (Å²) < 4.78 is 5.79. The summed E-state index contributed by atoms with van der Waals surface area (Å²) in [6.07, 6.45) is 1.61. The average Bonchev–Trinajstić information content (AvgIpc) is 1.95. The van der Waals surface area contributed by atoms with Crippen molar-refractivity contribution in [2.24, 2.45) is 0 Å². The molecule has 0 amide bonds. The largest absolute Gasteiger partial charge is 0.480 e. The van der Waals surface area contributed by atoms with Gasteiger partial charge in [-0.15, -0.1) is 0 Å². The SMILES string of the molecule is COc1cnc(I)c(C)n1. The van der Waals surface area contributed by atoms with Crippen molar-refractivity contribution in [2.45, 2.75) is 6.92 Å². The lowest BCUT2D eigenvalue weighted by Gasteiger charge is -1.99. The van der Waals surface area contributed by atoms with Crippen molar-refractivity contribution in [3.05, 3.63) is 15.6 Å². The van der Waals surface area contributed by atoms with Crippen molar-refractivity contribution in [3.8, 4) is 5.88 Å². The summed E-state index contributed by atoms with van der Waals surface area (Å²) in [7, 11) is 1.58. The molecule has 54 valence electrons. The third kappa shape index (κ3) is 1.56. The summed E-state index contributed by atoms with van der Waals surface area (Å²) in [5.41, 5.74) is 0.903. The number of methoxy groups -OCH3 is 1. The van der Waals surface area contributed by atoms with E-state index in [0.717, 1.165) is 9.39 Å². The van der Waals surface area contributed by atoms with Crippen molar-refractivity contribution in [1.29, 1.82) is 0 Å². The first kappa shape index (κ1) is 7.71. The summed E-state index contributed by atoms with van der Waals surface area (Å²) in [6.45, 7) is 1.90. The van der Waals surface area contributed by atoms with Crippen molar-refractivity contribution >= 4 is 22.6 Å². The Morgan fingerprint density at radius 3 is 2.80 bits per heavy atom. The van der Waals surface area contributed by atoms with E-state index in [9.17, 15) is 0 Å². The Morgan fingerprint density at radius 2 is 2.30 bits per heavy atom. The number of rotatable bonds is 1. The molecule has 0 aliphatic carbocycles. The zero-order valence-corrected chi connectivity index (χ0v) is 7.92. The molecule has 1 aromatic rings. The van der Waals surface area contributed by atoms with Gasteiger partial charge in [0.05, 0.1) is 19.0 Å². The molecule has 0 bridgehead atoms. The molecule has 1 aromatic heterocycles. The highest BCUT2D eigenvalue weighted by Crippen LogP contribution is 2.09. The second-order valence-corrected chi connectivity index (χ2v) is 2.81. The van der Waals surface area contributed by atoms with E-state index in [2.05, 4.69) is 32.6 Å². The lowest BCUT2D eigenvalue weighted by Crippen LogP contribution is -1.94. The molecule has 0 aromatic carbocycles. The van der Waals surface area contributed by atoms with E-state index in [4.69, 9.17) is 4.74 Å². The summed E-state index contributed by atoms with van der Waals surface area (Å²) in [4.78, 5) is 8.15. The van der Waals surface area contributed by atoms with Crippen LogP contribution in [0, 0.1) is 10.6 Å². The van der Waals surface area contributed by atoms with E-state index < -0.39 is 0 Å². The molecular formula is C6H7IN2O. The monoisotopic (exact) mass is 250 g/mol. The Kier molecular flexibility index (Phi) is 2.42. The van der Waals surface area contributed by atoms with Crippen LogP contribution in [0.15, 0.2) is 6.20 Å². The Hall–Kier alpha value is -0.390. The third-order valence-corrected chi connectivity index (χ3v) is 2.13. The first-order valence-electron chi connectivity index (χ1n) is 2.77. The van der Waals surface area contributed by atoms with Gasteiger partial charge in [0.1, 0.15) is 3.70 Å². The van der Waals surface area contributed by atoms with Crippen LogP contribution in [0.5, 0.6) is 5.88 Å². The van der Waals surface area contributed by atoms with Crippen LogP contribution in [0.25, 0.3) is 0 Å². The Bertz CT molecular complexity index is 239. The van der Waals surface area contributed by atoms with E-state index in [1.54, 1.807) is 13.3 Å². The highest BCUT2D eigenvalue weighted by Gasteiger charge is 1.97. The smallest absolute Gasteiger partial charge is 0.232 e. The molecule has 0 aliphatic heterocycles. The van der Waals surface area contributed by atoms with Crippen molar-refractivity contribution in [3.63, 3.8) is 0 Å². The van der Waals surface area contributed by atoms with E-state index in [0.29, 0.717) is 5.88 Å². The zero-order valence-electron chi connectivity index (χ0n) is 5.76. The van der Waals surface area contributed by atoms with E-state index in [-0.39, 0.29) is 0 Å². The normalized spacial score (nSPS) is 9.50. The van der Waals surface area contributed by atoms with Crippen LogP contribution < -0.4 is 4.74 Å². The number of aromatic nitrogens is 2. The van der Waals surface area contributed by atoms with Gasteiger partial charge < -0.3 is 4.74 Å². The number of hydrogen-bond donors (Lipinski definition) is 0. The third-order valence-electron chi connectivity index (χ3n) is 1.07. The summed E-state index contributed by atoms with van der Waals surface area (Å²) in [6, 6.07) is 0. The topological polar surface area (TPSA) is 35.0 Å². The van der Waals surface area contributed by atoms with E-state index >= 15 is 0 Å². The molecule has 0 atom stereocenters. The zero-order chi connectivity index (χ0) is 7.56. The van der Waals surface area contributed by atoms with Gasteiger partial charge in [-0.2, -0.15) is 0 Å². The minimum absolute atomic E-state index is 0.568. The Labute approximate surface area is 73.0 Å². The lowest BCUT2D eigenvalue weighted by atomic mass is 10.5. The molecule has 0 saturated heterocycles. The number of halogens is 1. The van der Waals surface area contributed by atoms with Gasteiger partial charge in [-0.05, 0) is 29.5 Å². The molecular weight excluding hydrogens is 243 g/mol. The minimum Gasteiger partial charge on any atom is -0.480 e. The maximum absolute atomic E-state index is 4.87. The Morgan fingerprint density at radius 1 is 1.60 bits per heavy atom. The van der Waals surface area contributed by atoms with Crippen LogP contribution >= 0.6 is 22.6 Å². The fourth-order valence-corrected chi connectivity index (χ4v) is 0.804. The number of ether oxygens (including phenoxy) is 1. The highest BCUT2D eigenvalue weighted by molar-refractivity contribution is 14.1. The summed E-state index contributed by atoms with van der Waals surface area (Å²) in [5.74, 6) is 0.568. The molecule has 0 unspecified atom stereocenters. The molecule has 0 spiro atoms. The van der Waals surface area contributed by atoms with Crippen LogP contribution in [0.4, 0.5) is 0 Å². The molecule has 0 saturated carbocycles. The first-order chi connectivity index (χ1) is 4.74. The lowest BCUT2D eigenvalue weighted by molar-refractivity contribution is 0.394. The van der Waals surface area contributed by atoms with Crippen LogP contribution in [0.2, 0.25) is 0 Å². The van der Waals surface area contributed by atoms with Gasteiger partial charge in [-0.3, -0.25) is 0 Å². The van der Waals surface area contributed by atoms with Crippen molar-refractivity contribution in [1.82, 2.24) is 9.97 Å². The van der Waals surface area contributed by atoms with Crippen molar-refractivity contribution in [2.75, 3.05) is 7.11 Å². The maximum atomic E-state index is 4.87. The van der Waals surface area contributed by atoms with E-state index in [1.165, 1.54) is 0 Å². The molecule has 1 heterocycles. The number of aryl methyl sites for hydroxylation is 1. The fourth-order valence-electron chi connectivity index (χ4n) is 0.544. The minimum atomic E-state index is 0.568. The molecule has 0 aliphatic rings. The summed E-state index contributed by atoms with van der Waals surface area (Å²) in [5, 5.41) is 0. The van der Waals surface area contributed by atoms with Gasteiger partial charge >= 0.3 is 0 Å². The van der Waals surface area contributed by atoms with Gasteiger partial charge in [-0.1, -0.05) is 0 Å². The predicted molar refractivity (Wildman–Crippen MR) is 46.0 cm³/mol. The maximum Gasteiger partial charge on any atom is 0.232 e. The average molecular weight is 250 g/mol. The standard InChI is InChI=1S/C6H7IN2O/c1-4-6(7)8-3-5(9-4)10-2/h3H,1-2H3. The highest BCUT2D eigenvalue weighted by atomic mass is 127. The molecule has 0 fully saturated rings. The fraction of sp³-hybridized carbons (Fsp3) is 0.333. The Balaban J connectivity index is 3.04. The van der Waals surface area contributed by atoms with Gasteiger partial charge in [0.2, 0.25) is 5.88 Å². The van der Waals surface area contributed by atoms with Crippen LogP contribution in [0.3, 0.4) is 0 Å². The predicted octanol–water partition coefficient (Wildman–Crippen LogP) is 1.40. The number of hydrogen-bond acceptors (Lipinski definition) is 3. The van der Waals surface area contributed by atoms with Gasteiger partial charge in [0.25, 0.3) is 0 Å². The number of nitrogens with zero attached hydrogens (tertiary/aromatic N) is 2. The second kappa shape index (κ2) is 3.14. The van der Waals surface area contributed by atoms with Crippen LogP contribution in [-0.2, 0) is 0 Å². The molecule has 10 heavy (non-hydrogen) atoms. The van der Waals surface area contributed by atoms with E-state index in [1.807, 2.05) is 6.92 Å². The van der Waals surface area contributed by atoms with Crippen LogP contribution in [-0.4, -0.2) is 17.1 Å². The van der Waals surface area contributed by atoms with Gasteiger partial charge in [0, 0.05) is 0 Å². The first-order valence-corrected chi connectivity index (χ1v) is 3.85. The second-order valence-electron chi connectivity index (χ2n) is 1.79. The molecule has 0 N–H and O–H groups in total. The molecule has 3 nitrogen and oxygen atoms in total. The summed E-state index contributed by atoms with van der Waals surface area (Å²) >= 11 is 2.13. The van der Waals surface area contributed by atoms with Gasteiger partial charge in [-0.25, -0.2) is 9.97 Å². The molecule has 4 heteroatoms. The van der Waals surface area contributed by atoms with Crippen LogP contribution in [0.1, 0.15) is 5.69 Å². The van der Waals surface area contributed by atoms with Crippen molar-refractivity contribution < 1.29 is 4.74 Å². The molecule has 0 radical (unpaired) electrons.